The molecule has 2 rings (SSSR count). The lowest BCUT2D eigenvalue weighted by atomic mass is 9.66. The van der Waals surface area contributed by atoms with Crippen molar-refractivity contribution in [2.45, 2.75) is 46.5 Å². The Hall–Kier alpha value is -1.56. The van der Waals surface area contributed by atoms with Crippen LogP contribution in [-0.4, -0.2) is 0 Å². The highest BCUT2D eigenvalue weighted by molar-refractivity contribution is 5.21. The van der Waals surface area contributed by atoms with Gasteiger partial charge in [-0.05, 0) is 41.7 Å². The second-order valence-corrected chi connectivity index (χ2v) is 6.59. The first-order valence-corrected chi connectivity index (χ1v) is 8.24. The van der Waals surface area contributed by atoms with Gasteiger partial charge in [-0.1, -0.05) is 87.9 Å². The van der Waals surface area contributed by atoms with E-state index in [1.54, 1.807) is 0 Å². The Morgan fingerprint density at radius 1 is 0.762 bits per heavy atom. The highest BCUT2D eigenvalue weighted by Crippen LogP contribution is 2.40. The fraction of sp³-hybridized carbons (Fsp3) is 0.429. The summed E-state index contributed by atoms with van der Waals surface area (Å²) in [5.41, 5.74) is 3.29. The Labute approximate surface area is 130 Å². The summed E-state index contributed by atoms with van der Waals surface area (Å²) >= 11 is 0. The van der Waals surface area contributed by atoms with Gasteiger partial charge in [0.15, 0.2) is 0 Å². The monoisotopic (exact) mass is 280 g/mol. The van der Waals surface area contributed by atoms with Gasteiger partial charge in [-0.15, -0.1) is 0 Å². The molecule has 0 fully saturated rings. The van der Waals surface area contributed by atoms with Crippen molar-refractivity contribution < 1.29 is 0 Å². The van der Waals surface area contributed by atoms with E-state index in [1.165, 1.54) is 36.8 Å². The van der Waals surface area contributed by atoms with Crippen molar-refractivity contribution in [3.05, 3.63) is 71.8 Å². The van der Waals surface area contributed by atoms with Gasteiger partial charge in [-0.25, -0.2) is 0 Å². The molecule has 2 aromatic carbocycles. The summed E-state index contributed by atoms with van der Waals surface area (Å²) in [6, 6.07) is 22.0. The van der Waals surface area contributed by atoms with Crippen molar-refractivity contribution in [2.24, 2.45) is 11.3 Å². The van der Waals surface area contributed by atoms with E-state index in [-0.39, 0.29) is 0 Å². The highest BCUT2D eigenvalue weighted by Gasteiger charge is 2.33. The molecule has 0 N–H and O–H groups in total. The molecule has 0 spiro atoms. The lowest BCUT2D eigenvalue weighted by molar-refractivity contribution is 0.165. The fourth-order valence-electron chi connectivity index (χ4n) is 3.44. The summed E-state index contributed by atoms with van der Waals surface area (Å²) in [4.78, 5) is 0. The van der Waals surface area contributed by atoms with E-state index in [9.17, 15) is 0 Å². The minimum Gasteiger partial charge on any atom is -0.0654 e. The van der Waals surface area contributed by atoms with Gasteiger partial charge in [-0.3, -0.25) is 0 Å². The molecule has 0 nitrogen and oxygen atoms in total. The van der Waals surface area contributed by atoms with Gasteiger partial charge < -0.3 is 0 Å². The van der Waals surface area contributed by atoms with E-state index in [2.05, 4.69) is 81.4 Å². The Kier molecular flexibility index (Phi) is 5.61. The highest BCUT2D eigenvalue weighted by atomic mass is 14.4. The molecule has 0 unspecified atom stereocenters. The lowest BCUT2D eigenvalue weighted by Gasteiger charge is -2.38. The van der Waals surface area contributed by atoms with Crippen LogP contribution in [0.25, 0.3) is 0 Å². The second-order valence-electron chi connectivity index (χ2n) is 6.59. The summed E-state index contributed by atoms with van der Waals surface area (Å²) in [7, 11) is 0. The maximum Gasteiger partial charge on any atom is -0.0194 e. The average molecular weight is 280 g/mol. The molecule has 0 aliphatic heterocycles. The third kappa shape index (κ3) is 4.20. The second kappa shape index (κ2) is 7.45. The van der Waals surface area contributed by atoms with Crippen LogP contribution < -0.4 is 0 Å². The predicted octanol–water partition coefficient (Wildman–Crippen LogP) is 5.91. The zero-order valence-electron chi connectivity index (χ0n) is 13.7. The zero-order chi connectivity index (χ0) is 15.1. The number of rotatable bonds is 7. The van der Waals surface area contributed by atoms with Crippen molar-refractivity contribution in [1.29, 1.82) is 0 Å². The molecule has 21 heavy (non-hydrogen) atoms. The van der Waals surface area contributed by atoms with Crippen LogP contribution in [0.2, 0.25) is 0 Å². The standard InChI is InChI=1S/C21H28/c1-4-15-21(18(2)3,16-19-11-7-5-8-12-19)17-20-13-9-6-10-14-20/h5-14,18H,4,15-17H2,1-3H3. The topological polar surface area (TPSA) is 0 Å². The normalized spacial score (nSPS) is 11.8. The molecule has 0 saturated heterocycles. The van der Waals surface area contributed by atoms with Gasteiger partial charge in [0.05, 0.1) is 0 Å². The molecule has 0 aliphatic rings. The molecule has 0 radical (unpaired) electrons. The fourth-order valence-corrected chi connectivity index (χ4v) is 3.44. The van der Waals surface area contributed by atoms with Crippen LogP contribution in [0.4, 0.5) is 0 Å². The molecular formula is C21H28. The average Bonchev–Trinajstić information content (AvgIpc) is 2.49. The smallest absolute Gasteiger partial charge is 0.0194 e. The van der Waals surface area contributed by atoms with E-state index in [0.29, 0.717) is 11.3 Å². The summed E-state index contributed by atoms with van der Waals surface area (Å²) in [6.07, 6.45) is 4.88. The van der Waals surface area contributed by atoms with Crippen LogP contribution >= 0.6 is 0 Å². The van der Waals surface area contributed by atoms with Gasteiger partial charge in [0.25, 0.3) is 0 Å². The first-order chi connectivity index (χ1) is 10.2. The molecule has 0 bridgehead atoms. The van der Waals surface area contributed by atoms with Crippen molar-refractivity contribution in [3.63, 3.8) is 0 Å². The molecule has 0 saturated carbocycles. The van der Waals surface area contributed by atoms with Crippen molar-refractivity contribution in [2.75, 3.05) is 0 Å². The molecule has 0 atom stereocenters. The maximum absolute atomic E-state index is 2.39. The summed E-state index contributed by atoms with van der Waals surface area (Å²) in [6.45, 7) is 7.09. The third-order valence-electron chi connectivity index (χ3n) is 4.77. The number of benzene rings is 2. The van der Waals surface area contributed by atoms with Crippen LogP contribution in [-0.2, 0) is 12.8 Å². The van der Waals surface area contributed by atoms with Crippen molar-refractivity contribution in [1.82, 2.24) is 0 Å². The Balaban J connectivity index is 2.28. The van der Waals surface area contributed by atoms with E-state index in [4.69, 9.17) is 0 Å². The minimum absolute atomic E-state index is 0.359. The van der Waals surface area contributed by atoms with Crippen LogP contribution in [0.1, 0.15) is 44.7 Å². The zero-order valence-corrected chi connectivity index (χ0v) is 13.7. The Morgan fingerprint density at radius 2 is 1.19 bits per heavy atom. The van der Waals surface area contributed by atoms with E-state index >= 15 is 0 Å². The van der Waals surface area contributed by atoms with Gasteiger partial charge in [0.1, 0.15) is 0 Å². The van der Waals surface area contributed by atoms with E-state index < -0.39 is 0 Å². The number of hydrogen-bond donors (Lipinski definition) is 0. The van der Waals surface area contributed by atoms with Gasteiger partial charge >= 0.3 is 0 Å². The summed E-state index contributed by atoms with van der Waals surface area (Å²) in [5, 5.41) is 0. The Bertz CT molecular complexity index is 469. The molecule has 0 amide bonds. The van der Waals surface area contributed by atoms with Gasteiger partial charge in [0.2, 0.25) is 0 Å². The molecular weight excluding hydrogens is 252 g/mol. The quantitative estimate of drug-likeness (QED) is 0.591. The predicted molar refractivity (Wildman–Crippen MR) is 92.5 cm³/mol. The first kappa shape index (κ1) is 15.8. The van der Waals surface area contributed by atoms with Crippen molar-refractivity contribution >= 4 is 0 Å². The van der Waals surface area contributed by atoms with Gasteiger partial charge in [0, 0.05) is 0 Å². The summed E-state index contributed by atoms with van der Waals surface area (Å²) in [5.74, 6) is 0.679. The third-order valence-corrected chi connectivity index (χ3v) is 4.77. The van der Waals surface area contributed by atoms with Gasteiger partial charge in [-0.2, -0.15) is 0 Å². The van der Waals surface area contributed by atoms with Crippen LogP contribution in [0.15, 0.2) is 60.7 Å². The molecule has 0 heterocycles. The number of hydrogen-bond acceptors (Lipinski definition) is 0. The minimum atomic E-state index is 0.359. The lowest BCUT2D eigenvalue weighted by Crippen LogP contribution is -2.32. The SMILES string of the molecule is CCCC(Cc1ccccc1)(Cc1ccccc1)C(C)C. The van der Waals surface area contributed by atoms with E-state index in [0.717, 1.165) is 0 Å². The maximum atomic E-state index is 2.39. The molecule has 2 aromatic rings. The van der Waals surface area contributed by atoms with E-state index in [1.807, 2.05) is 0 Å². The molecule has 0 heteroatoms. The largest absolute Gasteiger partial charge is 0.0654 e. The van der Waals surface area contributed by atoms with Crippen LogP contribution in [0, 0.1) is 11.3 Å². The molecule has 0 aliphatic carbocycles. The Morgan fingerprint density at radius 3 is 1.52 bits per heavy atom. The molecule has 112 valence electrons. The molecule has 0 aromatic heterocycles. The van der Waals surface area contributed by atoms with Crippen LogP contribution in [0.3, 0.4) is 0 Å². The summed E-state index contributed by atoms with van der Waals surface area (Å²) < 4.78 is 0. The van der Waals surface area contributed by atoms with Crippen LogP contribution in [0.5, 0.6) is 0 Å². The first-order valence-electron chi connectivity index (χ1n) is 8.24. The van der Waals surface area contributed by atoms with Crippen molar-refractivity contribution in [3.8, 4) is 0 Å².